The van der Waals surface area contributed by atoms with Crippen LogP contribution in [0.25, 0.3) is 0 Å². The zero-order valence-electron chi connectivity index (χ0n) is 11.6. The third kappa shape index (κ3) is 4.21. The molecule has 100 valence electrons. The molecule has 0 saturated carbocycles. The Balaban J connectivity index is 1.98. The second-order valence-electron chi connectivity index (χ2n) is 5.42. The van der Waals surface area contributed by atoms with Crippen LogP contribution < -0.4 is 0 Å². The molecule has 0 N–H and O–H groups in total. The summed E-state index contributed by atoms with van der Waals surface area (Å²) < 4.78 is 0. The van der Waals surface area contributed by atoms with Gasteiger partial charge in [0.25, 0.3) is 0 Å². The highest BCUT2D eigenvalue weighted by Gasteiger charge is 2.17. The Hall–Kier alpha value is -0.160. The Morgan fingerprint density at radius 3 is 1.53 bits per heavy atom. The van der Waals surface area contributed by atoms with Gasteiger partial charge in [-0.25, -0.2) is 0 Å². The zero-order valence-corrected chi connectivity index (χ0v) is 11.6. The predicted octanol–water partition coefficient (Wildman–Crippen LogP) is -0.129. The van der Waals surface area contributed by atoms with E-state index in [0.717, 1.165) is 0 Å². The van der Waals surface area contributed by atoms with Crippen molar-refractivity contribution in [1.29, 1.82) is 0 Å². The minimum atomic E-state index is 1.20. The maximum absolute atomic E-state index is 2.64. The average Bonchev–Trinajstić information content (AvgIpc) is 2.48. The third-order valence-electron chi connectivity index (χ3n) is 4.24. The van der Waals surface area contributed by atoms with Crippen LogP contribution in [0.4, 0.5) is 0 Å². The van der Waals surface area contributed by atoms with Crippen LogP contribution in [0.3, 0.4) is 0 Å². The molecule has 17 heavy (non-hydrogen) atoms. The normalized spacial score (nSPS) is 34.2. The molecule has 4 nitrogen and oxygen atoms in total. The minimum absolute atomic E-state index is 1.20. The van der Waals surface area contributed by atoms with Gasteiger partial charge in [-0.05, 0) is 13.6 Å². The second-order valence-corrected chi connectivity index (χ2v) is 5.42. The molecular weight excluding hydrogens is 212 g/mol. The van der Waals surface area contributed by atoms with Gasteiger partial charge in [0.2, 0.25) is 0 Å². The molecule has 4 heteroatoms. The lowest BCUT2D eigenvalue weighted by Gasteiger charge is -2.27. The van der Waals surface area contributed by atoms with Crippen molar-refractivity contribution in [2.45, 2.75) is 6.92 Å². The minimum Gasteiger partial charge on any atom is -0.304 e. The van der Waals surface area contributed by atoms with Crippen LogP contribution in [0.5, 0.6) is 0 Å². The van der Waals surface area contributed by atoms with Gasteiger partial charge in [0.15, 0.2) is 0 Å². The van der Waals surface area contributed by atoms with Gasteiger partial charge in [-0.2, -0.15) is 0 Å². The Morgan fingerprint density at radius 2 is 1.06 bits per heavy atom. The van der Waals surface area contributed by atoms with Crippen LogP contribution in [-0.4, -0.2) is 98.6 Å². The number of fused-ring (bicyclic) bond motifs is 3. The summed E-state index contributed by atoms with van der Waals surface area (Å²) in [6, 6.07) is 0. The Bertz CT molecular complexity index is 201. The Morgan fingerprint density at radius 1 is 0.647 bits per heavy atom. The first-order chi connectivity index (χ1) is 8.28. The molecule has 0 radical (unpaired) electrons. The molecule has 0 aliphatic carbocycles. The number of rotatable bonds is 1. The maximum Gasteiger partial charge on any atom is 0.0110 e. The van der Waals surface area contributed by atoms with Gasteiger partial charge in [-0.15, -0.1) is 0 Å². The standard InChI is InChI=1S/C13H28N4/c1-3-15-8-10-16-6-4-14(2)5-7-17(11-9-15)13-12-16/h3-13H2,1-2H3. The summed E-state index contributed by atoms with van der Waals surface area (Å²) in [7, 11) is 2.26. The van der Waals surface area contributed by atoms with Gasteiger partial charge in [0.1, 0.15) is 0 Å². The summed E-state index contributed by atoms with van der Waals surface area (Å²) in [6.45, 7) is 15.9. The molecule has 0 aromatic carbocycles. The maximum atomic E-state index is 2.64. The fourth-order valence-corrected chi connectivity index (χ4v) is 2.68. The highest BCUT2D eigenvalue weighted by atomic mass is 15.3. The van der Waals surface area contributed by atoms with E-state index in [1.165, 1.54) is 72.0 Å². The van der Waals surface area contributed by atoms with E-state index in [1.54, 1.807) is 0 Å². The van der Waals surface area contributed by atoms with E-state index in [0.29, 0.717) is 0 Å². The van der Waals surface area contributed by atoms with Crippen molar-refractivity contribution in [2.24, 2.45) is 0 Å². The van der Waals surface area contributed by atoms with Crippen molar-refractivity contribution in [1.82, 2.24) is 19.6 Å². The van der Waals surface area contributed by atoms with Gasteiger partial charge < -0.3 is 9.80 Å². The lowest BCUT2D eigenvalue weighted by Crippen LogP contribution is -2.40. The quantitative estimate of drug-likeness (QED) is 0.633. The SMILES string of the molecule is CCN1CCN2CCN(C)CCN(CC1)CC2. The van der Waals surface area contributed by atoms with Gasteiger partial charge in [0, 0.05) is 65.4 Å². The molecule has 2 aliphatic rings. The first-order valence-corrected chi connectivity index (χ1v) is 7.13. The first kappa shape index (κ1) is 13.3. The number of hydrogen-bond donors (Lipinski definition) is 0. The van der Waals surface area contributed by atoms with E-state index in [2.05, 4.69) is 33.6 Å². The predicted molar refractivity (Wildman–Crippen MR) is 72.5 cm³/mol. The van der Waals surface area contributed by atoms with Gasteiger partial charge in [-0.3, -0.25) is 9.80 Å². The fourth-order valence-electron chi connectivity index (χ4n) is 2.68. The first-order valence-electron chi connectivity index (χ1n) is 7.13. The van der Waals surface area contributed by atoms with Crippen molar-refractivity contribution in [2.75, 3.05) is 79.0 Å². The molecule has 2 unspecified atom stereocenters. The van der Waals surface area contributed by atoms with E-state index in [4.69, 9.17) is 0 Å². The van der Waals surface area contributed by atoms with Gasteiger partial charge in [-0.1, -0.05) is 6.92 Å². The molecule has 2 atom stereocenters. The lowest BCUT2D eigenvalue weighted by molar-refractivity contribution is 0.193. The van der Waals surface area contributed by atoms with E-state index >= 15 is 0 Å². The highest BCUT2D eigenvalue weighted by Crippen LogP contribution is 2.03. The summed E-state index contributed by atoms with van der Waals surface area (Å²) in [5.74, 6) is 0. The van der Waals surface area contributed by atoms with Gasteiger partial charge >= 0.3 is 0 Å². The number of likely N-dealkylation sites (N-methyl/N-ethyl adjacent to an activating group) is 2. The molecule has 2 bridgehead atoms. The van der Waals surface area contributed by atoms with Crippen molar-refractivity contribution in [3.05, 3.63) is 0 Å². The van der Waals surface area contributed by atoms with Crippen molar-refractivity contribution in [3.8, 4) is 0 Å². The molecule has 2 heterocycles. The zero-order chi connectivity index (χ0) is 12.1. The molecule has 0 aromatic rings. The molecule has 2 rings (SSSR count). The molecule has 0 spiro atoms. The van der Waals surface area contributed by atoms with E-state index < -0.39 is 0 Å². The van der Waals surface area contributed by atoms with Crippen LogP contribution in [0.1, 0.15) is 6.92 Å². The summed E-state index contributed by atoms with van der Waals surface area (Å²) in [5.41, 5.74) is 0. The van der Waals surface area contributed by atoms with Crippen molar-refractivity contribution in [3.63, 3.8) is 0 Å². The van der Waals surface area contributed by atoms with Gasteiger partial charge in [0.05, 0.1) is 0 Å². The summed E-state index contributed by atoms with van der Waals surface area (Å²) in [5, 5.41) is 0. The van der Waals surface area contributed by atoms with E-state index in [-0.39, 0.29) is 0 Å². The number of hydrogen-bond acceptors (Lipinski definition) is 4. The van der Waals surface area contributed by atoms with Crippen LogP contribution in [0.15, 0.2) is 0 Å². The third-order valence-corrected chi connectivity index (χ3v) is 4.24. The summed E-state index contributed by atoms with van der Waals surface area (Å²) >= 11 is 0. The van der Waals surface area contributed by atoms with Crippen LogP contribution in [0, 0.1) is 0 Å². The molecule has 2 saturated heterocycles. The lowest BCUT2D eigenvalue weighted by atomic mass is 10.4. The Kier molecular flexibility index (Phi) is 5.22. The molecule has 2 fully saturated rings. The van der Waals surface area contributed by atoms with Crippen molar-refractivity contribution < 1.29 is 0 Å². The van der Waals surface area contributed by atoms with Crippen LogP contribution >= 0.6 is 0 Å². The topological polar surface area (TPSA) is 13.0 Å². The molecular formula is C13H28N4. The average molecular weight is 240 g/mol. The van der Waals surface area contributed by atoms with E-state index in [9.17, 15) is 0 Å². The van der Waals surface area contributed by atoms with Crippen LogP contribution in [0.2, 0.25) is 0 Å². The monoisotopic (exact) mass is 240 g/mol. The smallest absolute Gasteiger partial charge is 0.0110 e. The largest absolute Gasteiger partial charge is 0.304 e. The fraction of sp³-hybridized carbons (Fsp3) is 1.00. The second kappa shape index (κ2) is 6.69. The number of nitrogens with zero attached hydrogens (tertiary/aromatic N) is 4. The van der Waals surface area contributed by atoms with Crippen LogP contribution in [-0.2, 0) is 0 Å². The molecule has 0 aromatic heterocycles. The van der Waals surface area contributed by atoms with Crippen molar-refractivity contribution >= 4 is 0 Å². The summed E-state index contributed by atoms with van der Waals surface area (Å²) in [4.78, 5) is 10.4. The Labute approximate surface area is 106 Å². The van der Waals surface area contributed by atoms with E-state index in [1.807, 2.05) is 0 Å². The highest BCUT2D eigenvalue weighted by molar-refractivity contribution is 4.74. The molecule has 2 aliphatic heterocycles. The molecule has 0 amide bonds. The summed E-state index contributed by atoms with van der Waals surface area (Å²) in [6.07, 6.45) is 0.